The highest BCUT2D eigenvalue weighted by molar-refractivity contribution is 6.02. The Morgan fingerprint density at radius 2 is 1.90 bits per heavy atom. The Labute approximate surface area is 120 Å². The molecule has 3 rings (SSSR count). The van der Waals surface area contributed by atoms with Crippen molar-refractivity contribution >= 4 is 5.78 Å². The molecule has 1 aliphatic carbocycles. The normalized spacial score (nSPS) is 18.9. The summed E-state index contributed by atoms with van der Waals surface area (Å²) in [4.78, 5) is 12.2. The summed E-state index contributed by atoms with van der Waals surface area (Å²) < 4.78 is 0. The molecule has 20 heavy (non-hydrogen) atoms. The van der Waals surface area contributed by atoms with Crippen molar-refractivity contribution in [3.63, 3.8) is 0 Å². The molecule has 1 heteroatoms. The van der Waals surface area contributed by atoms with Gasteiger partial charge in [-0.3, -0.25) is 4.79 Å². The van der Waals surface area contributed by atoms with E-state index in [1.54, 1.807) is 0 Å². The zero-order chi connectivity index (χ0) is 14.1. The number of rotatable bonds is 3. The highest BCUT2D eigenvalue weighted by atomic mass is 16.1. The summed E-state index contributed by atoms with van der Waals surface area (Å²) in [5, 5.41) is 0. The summed E-state index contributed by atoms with van der Waals surface area (Å²) in [6.45, 7) is 4.45. The maximum Gasteiger partial charge on any atom is 0.164 e. The molecule has 0 aliphatic heterocycles. The van der Waals surface area contributed by atoms with E-state index in [1.165, 1.54) is 16.7 Å². The topological polar surface area (TPSA) is 17.1 Å². The number of fused-ring (bicyclic) bond motifs is 1. The number of benzene rings is 2. The molecule has 0 saturated heterocycles. The van der Waals surface area contributed by atoms with E-state index in [0.29, 0.717) is 12.3 Å². The van der Waals surface area contributed by atoms with Gasteiger partial charge in [-0.2, -0.15) is 0 Å². The molecular weight excluding hydrogens is 244 g/mol. The Bertz CT molecular complexity index is 627. The van der Waals surface area contributed by atoms with Gasteiger partial charge in [0.2, 0.25) is 0 Å². The zero-order valence-electron chi connectivity index (χ0n) is 12.1. The fraction of sp³-hybridized carbons (Fsp3) is 0.316. The molecule has 0 amide bonds. The zero-order valence-corrected chi connectivity index (χ0v) is 12.1. The second-order valence-electron chi connectivity index (χ2n) is 5.75. The Morgan fingerprint density at radius 1 is 1.15 bits per heavy atom. The minimum atomic E-state index is 0.239. The standard InChI is InChI=1S/C19H20O/c1-3-13(2)15-9-10-16-18(11-15)17(12-19(16)20)14-7-5-4-6-8-14/h4-11,13,17H,3,12H2,1-2H3. The largest absolute Gasteiger partial charge is 0.294 e. The van der Waals surface area contributed by atoms with Gasteiger partial charge in [-0.1, -0.05) is 62.4 Å². The van der Waals surface area contributed by atoms with Crippen LogP contribution in [0.4, 0.5) is 0 Å². The quantitative estimate of drug-likeness (QED) is 0.769. The van der Waals surface area contributed by atoms with Crippen molar-refractivity contribution in [2.45, 2.75) is 38.5 Å². The molecule has 1 nitrogen and oxygen atoms in total. The lowest BCUT2D eigenvalue weighted by Crippen LogP contribution is -1.98. The molecule has 0 N–H and O–H groups in total. The molecule has 102 valence electrons. The van der Waals surface area contributed by atoms with Crippen molar-refractivity contribution in [1.82, 2.24) is 0 Å². The fourth-order valence-electron chi connectivity index (χ4n) is 3.05. The van der Waals surface area contributed by atoms with Crippen LogP contribution in [0.1, 0.15) is 65.6 Å². The summed E-state index contributed by atoms with van der Waals surface area (Å²) in [6.07, 6.45) is 1.74. The van der Waals surface area contributed by atoms with Crippen LogP contribution < -0.4 is 0 Å². The summed E-state index contributed by atoms with van der Waals surface area (Å²) >= 11 is 0. The maximum atomic E-state index is 12.2. The fourth-order valence-corrected chi connectivity index (χ4v) is 3.05. The lowest BCUT2D eigenvalue weighted by atomic mass is 9.89. The van der Waals surface area contributed by atoms with E-state index in [2.05, 4.69) is 50.2 Å². The summed E-state index contributed by atoms with van der Waals surface area (Å²) in [5.41, 5.74) is 4.74. The number of hydrogen-bond acceptors (Lipinski definition) is 1. The van der Waals surface area contributed by atoms with Gasteiger partial charge in [-0.25, -0.2) is 0 Å². The van der Waals surface area contributed by atoms with Crippen LogP contribution in [0.15, 0.2) is 48.5 Å². The Hall–Kier alpha value is -1.89. The molecule has 0 spiro atoms. The summed E-state index contributed by atoms with van der Waals surface area (Å²) in [7, 11) is 0. The number of carbonyl (C=O) groups is 1. The average Bonchev–Trinajstić information content (AvgIpc) is 2.84. The lowest BCUT2D eigenvalue weighted by Gasteiger charge is -2.15. The predicted octanol–water partition coefficient (Wildman–Crippen LogP) is 4.92. The van der Waals surface area contributed by atoms with E-state index in [-0.39, 0.29) is 11.7 Å². The second kappa shape index (κ2) is 5.24. The highest BCUT2D eigenvalue weighted by Crippen LogP contribution is 2.39. The molecular formula is C19H20O. The highest BCUT2D eigenvalue weighted by Gasteiger charge is 2.30. The smallest absolute Gasteiger partial charge is 0.164 e. The maximum absolute atomic E-state index is 12.2. The van der Waals surface area contributed by atoms with Gasteiger partial charge in [0.1, 0.15) is 0 Å². The van der Waals surface area contributed by atoms with Crippen LogP contribution in [0.3, 0.4) is 0 Å². The summed E-state index contributed by atoms with van der Waals surface area (Å²) in [6, 6.07) is 16.8. The van der Waals surface area contributed by atoms with Gasteiger partial charge in [0.05, 0.1) is 0 Å². The van der Waals surface area contributed by atoms with Gasteiger partial charge in [-0.15, -0.1) is 0 Å². The van der Waals surface area contributed by atoms with Crippen molar-refractivity contribution in [3.8, 4) is 0 Å². The van der Waals surface area contributed by atoms with E-state index in [4.69, 9.17) is 0 Å². The first kappa shape index (κ1) is 13.1. The minimum Gasteiger partial charge on any atom is -0.294 e. The van der Waals surface area contributed by atoms with Crippen molar-refractivity contribution in [1.29, 1.82) is 0 Å². The Kier molecular flexibility index (Phi) is 3.43. The van der Waals surface area contributed by atoms with Gasteiger partial charge in [0.25, 0.3) is 0 Å². The van der Waals surface area contributed by atoms with Crippen LogP contribution in [-0.4, -0.2) is 5.78 Å². The van der Waals surface area contributed by atoms with Crippen LogP contribution in [0.25, 0.3) is 0 Å². The molecule has 0 radical (unpaired) electrons. The number of hydrogen-bond donors (Lipinski definition) is 0. The third kappa shape index (κ3) is 2.18. The van der Waals surface area contributed by atoms with Gasteiger partial charge < -0.3 is 0 Å². The Morgan fingerprint density at radius 3 is 2.60 bits per heavy atom. The molecule has 0 heterocycles. The third-order valence-corrected chi connectivity index (χ3v) is 4.52. The van der Waals surface area contributed by atoms with Crippen LogP contribution >= 0.6 is 0 Å². The molecule has 0 aromatic heterocycles. The molecule has 2 atom stereocenters. The SMILES string of the molecule is CCC(C)c1ccc2c(c1)C(c1ccccc1)CC2=O. The Balaban J connectivity index is 2.06. The van der Waals surface area contributed by atoms with Gasteiger partial charge >= 0.3 is 0 Å². The van der Waals surface area contributed by atoms with Crippen molar-refractivity contribution in [2.75, 3.05) is 0 Å². The van der Waals surface area contributed by atoms with E-state index in [0.717, 1.165) is 12.0 Å². The van der Waals surface area contributed by atoms with E-state index < -0.39 is 0 Å². The van der Waals surface area contributed by atoms with Crippen molar-refractivity contribution in [2.24, 2.45) is 0 Å². The molecule has 0 saturated carbocycles. The van der Waals surface area contributed by atoms with E-state index >= 15 is 0 Å². The van der Waals surface area contributed by atoms with Crippen molar-refractivity contribution in [3.05, 3.63) is 70.8 Å². The molecule has 2 unspecified atom stereocenters. The number of carbonyl (C=O) groups excluding carboxylic acids is 1. The number of Topliss-reactive ketones (excluding diaryl/α,β-unsaturated/α-hetero) is 1. The lowest BCUT2D eigenvalue weighted by molar-refractivity contribution is 0.0991. The van der Waals surface area contributed by atoms with Crippen LogP contribution in [-0.2, 0) is 0 Å². The molecule has 2 aromatic carbocycles. The molecule has 2 aromatic rings. The second-order valence-corrected chi connectivity index (χ2v) is 5.75. The predicted molar refractivity (Wildman–Crippen MR) is 82.4 cm³/mol. The first-order valence-electron chi connectivity index (χ1n) is 7.42. The monoisotopic (exact) mass is 264 g/mol. The van der Waals surface area contributed by atoms with Crippen LogP contribution in [0.2, 0.25) is 0 Å². The molecule has 0 fully saturated rings. The van der Waals surface area contributed by atoms with Gasteiger partial charge in [0, 0.05) is 17.9 Å². The average molecular weight is 264 g/mol. The van der Waals surface area contributed by atoms with Crippen molar-refractivity contribution < 1.29 is 4.79 Å². The molecule has 1 aliphatic rings. The minimum absolute atomic E-state index is 0.239. The van der Waals surface area contributed by atoms with Gasteiger partial charge in [0.15, 0.2) is 5.78 Å². The van der Waals surface area contributed by atoms with Crippen LogP contribution in [0, 0.1) is 0 Å². The molecule has 0 bridgehead atoms. The van der Waals surface area contributed by atoms with E-state index in [9.17, 15) is 4.79 Å². The van der Waals surface area contributed by atoms with Crippen LogP contribution in [0.5, 0.6) is 0 Å². The third-order valence-electron chi connectivity index (χ3n) is 4.52. The first-order chi connectivity index (χ1) is 9.70. The van der Waals surface area contributed by atoms with E-state index in [1.807, 2.05) is 12.1 Å². The first-order valence-corrected chi connectivity index (χ1v) is 7.42. The van der Waals surface area contributed by atoms with Gasteiger partial charge in [-0.05, 0) is 29.0 Å². The summed E-state index contributed by atoms with van der Waals surface area (Å²) in [5.74, 6) is 1.07. The number of ketones is 1.